The van der Waals surface area contributed by atoms with Crippen LogP contribution in [0.4, 0.5) is 4.39 Å². The van der Waals surface area contributed by atoms with Gasteiger partial charge in [-0.1, -0.05) is 18.2 Å². The van der Waals surface area contributed by atoms with E-state index >= 15 is 0 Å². The predicted octanol–water partition coefficient (Wildman–Crippen LogP) is 2.89. The van der Waals surface area contributed by atoms with Gasteiger partial charge in [-0.2, -0.15) is 9.61 Å². The van der Waals surface area contributed by atoms with Crippen LogP contribution in [-0.2, 0) is 0 Å². The van der Waals surface area contributed by atoms with E-state index in [1.807, 2.05) is 18.2 Å². The van der Waals surface area contributed by atoms with Crippen LogP contribution in [-0.4, -0.2) is 19.6 Å². The second kappa shape index (κ2) is 5.17. The summed E-state index contributed by atoms with van der Waals surface area (Å²) in [7, 11) is 0. The first-order valence-electron chi connectivity index (χ1n) is 7.01. The minimum atomic E-state index is -0.312. The summed E-state index contributed by atoms with van der Waals surface area (Å²) in [5.74, 6) is -0.312. The zero-order valence-corrected chi connectivity index (χ0v) is 11.9. The number of nitrogens with zero attached hydrogens (tertiary/aromatic N) is 3. The first kappa shape index (κ1) is 13.4. The lowest BCUT2D eigenvalue weighted by Gasteiger charge is -2.04. The van der Waals surface area contributed by atoms with Gasteiger partial charge in [0.1, 0.15) is 11.5 Å². The molecule has 0 aliphatic heterocycles. The van der Waals surface area contributed by atoms with Gasteiger partial charge < -0.3 is 4.98 Å². The Hall–Kier alpha value is -3.28. The van der Waals surface area contributed by atoms with Crippen molar-refractivity contribution in [3.8, 4) is 22.5 Å². The Kier molecular flexibility index (Phi) is 3.01. The normalized spacial score (nSPS) is 11.0. The average molecular weight is 306 g/mol. The number of fused-ring (bicyclic) bond motifs is 1. The zero-order valence-electron chi connectivity index (χ0n) is 11.9. The zero-order chi connectivity index (χ0) is 15.8. The van der Waals surface area contributed by atoms with Crippen LogP contribution in [0.2, 0.25) is 0 Å². The van der Waals surface area contributed by atoms with Crippen molar-refractivity contribution in [2.75, 3.05) is 0 Å². The van der Waals surface area contributed by atoms with Gasteiger partial charge in [0.25, 0.3) is 5.56 Å². The van der Waals surface area contributed by atoms with Crippen LogP contribution in [0.25, 0.3) is 28.2 Å². The van der Waals surface area contributed by atoms with Crippen LogP contribution in [0.3, 0.4) is 0 Å². The minimum absolute atomic E-state index is 0.257. The van der Waals surface area contributed by atoms with Crippen LogP contribution < -0.4 is 5.56 Å². The van der Waals surface area contributed by atoms with E-state index in [1.54, 1.807) is 24.5 Å². The molecule has 0 atom stereocenters. The molecule has 0 saturated heterocycles. The highest BCUT2D eigenvalue weighted by Crippen LogP contribution is 2.24. The molecule has 4 rings (SSSR count). The Morgan fingerprint density at radius 1 is 1.09 bits per heavy atom. The Morgan fingerprint density at radius 2 is 1.91 bits per heavy atom. The number of H-pyrrole nitrogens is 1. The first-order valence-corrected chi connectivity index (χ1v) is 7.01. The molecule has 0 aliphatic carbocycles. The summed E-state index contributed by atoms with van der Waals surface area (Å²) >= 11 is 0. The summed E-state index contributed by atoms with van der Waals surface area (Å²) in [5, 5.41) is 4.11. The second-order valence-electron chi connectivity index (χ2n) is 5.06. The van der Waals surface area contributed by atoms with Crippen LogP contribution in [0, 0.1) is 5.82 Å². The highest BCUT2D eigenvalue weighted by Gasteiger charge is 2.11. The smallest absolute Gasteiger partial charge is 0.274 e. The largest absolute Gasteiger partial charge is 0.338 e. The molecule has 3 heterocycles. The van der Waals surface area contributed by atoms with Gasteiger partial charge in [-0.15, -0.1) is 0 Å². The highest BCUT2D eigenvalue weighted by molar-refractivity contribution is 5.78. The number of nitrogens with one attached hydrogen (secondary N) is 1. The van der Waals surface area contributed by atoms with E-state index in [0.29, 0.717) is 17.0 Å². The van der Waals surface area contributed by atoms with Gasteiger partial charge in [0.2, 0.25) is 0 Å². The van der Waals surface area contributed by atoms with Gasteiger partial charge in [-0.3, -0.25) is 9.78 Å². The average Bonchev–Trinajstić information content (AvgIpc) is 3.01. The summed E-state index contributed by atoms with van der Waals surface area (Å²) in [6, 6.07) is 13.0. The molecule has 3 aromatic heterocycles. The van der Waals surface area contributed by atoms with Crippen molar-refractivity contribution < 1.29 is 4.39 Å². The molecule has 6 heteroatoms. The molecule has 0 fully saturated rings. The summed E-state index contributed by atoms with van der Waals surface area (Å²) in [5.41, 5.74) is 3.05. The Morgan fingerprint density at radius 3 is 2.65 bits per heavy atom. The number of pyridine rings is 1. The molecule has 112 valence electrons. The lowest BCUT2D eigenvalue weighted by Crippen LogP contribution is -2.14. The maximum absolute atomic E-state index is 13.1. The van der Waals surface area contributed by atoms with Gasteiger partial charge in [0.05, 0.1) is 17.6 Å². The van der Waals surface area contributed by atoms with Crippen LogP contribution in [0.15, 0.2) is 65.7 Å². The molecule has 0 amide bonds. The molecule has 1 aromatic carbocycles. The van der Waals surface area contributed by atoms with E-state index < -0.39 is 0 Å². The fraction of sp³-hybridized carbons (Fsp3) is 0. The standard InChI is InChI=1S/C17H11FN4O/c18-12-6-4-11(5-7-12)13-10-20-22-16(23)9-15(21-17(13)22)14-3-1-2-8-19-14/h1-10,21H. The lowest BCUT2D eigenvalue weighted by molar-refractivity contribution is 0.628. The summed E-state index contributed by atoms with van der Waals surface area (Å²) in [4.78, 5) is 19.7. The Balaban J connectivity index is 1.96. The number of hydrogen-bond acceptors (Lipinski definition) is 3. The SMILES string of the molecule is O=c1cc(-c2ccccn2)[nH]c2c(-c3ccc(F)cc3)cnn12. The van der Waals surface area contributed by atoms with Crippen LogP contribution in [0.5, 0.6) is 0 Å². The second-order valence-corrected chi connectivity index (χ2v) is 5.06. The monoisotopic (exact) mass is 306 g/mol. The topological polar surface area (TPSA) is 63.0 Å². The van der Waals surface area contributed by atoms with E-state index in [0.717, 1.165) is 11.1 Å². The molecular weight excluding hydrogens is 295 g/mol. The van der Waals surface area contributed by atoms with Gasteiger partial charge in [-0.05, 0) is 29.8 Å². The number of rotatable bonds is 2. The molecule has 0 unspecified atom stereocenters. The van der Waals surface area contributed by atoms with Gasteiger partial charge in [0.15, 0.2) is 0 Å². The number of benzene rings is 1. The van der Waals surface area contributed by atoms with Crippen molar-refractivity contribution >= 4 is 5.65 Å². The van der Waals surface area contributed by atoms with Crippen molar-refractivity contribution in [1.82, 2.24) is 19.6 Å². The molecule has 0 bridgehead atoms. The van der Waals surface area contributed by atoms with E-state index in [2.05, 4.69) is 15.1 Å². The molecule has 0 radical (unpaired) electrons. The van der Waals surface area contributed by atoms with E-state index in [1.165, 1.54) is 22.7 Å². The summed E-state index contributed by atoms with van der Waals surface area (Å²) in [6.45, 7) is 0. The van der Waals surface area contributed by atoms with Crippen molar-refractivity contribution in [3.63, 3.8) is 0 Å². The Labute approximate surface area is 130 Å². The molecule has 0 spiro atoms. The van der Waals surface area contributed by atoms with Crippen LogP contribution >= 0.6 is 0 Å². The molecule has 5 nitrogen and oxygen atoms in total. The predicted molar refractivity (Wildman–Crippen MR) is 84.4 cm³/mol. The molecule has 4 aromatic rings. The van der Waals surface area contributed by atoms with Crippen molar-refractivity contribution in [2.45, 2.75) is 0 Å². The van der Waals surface area contributed by atoms with Gasteiger partial charge in [0, 0.05) is 17.8 Å². The van der Waals surface area contributed by atoms with Gasteiger partial charge in [-0.25, -0.2) is 4.39 Å². The third kappa shape index (κ3) is 2.30. The molecule has 23 heavy (non-hydrogen) atoms. The maximum atomic E-state index is 13.1. The summed E-state index contributed by atoms with van der Waals surface area (Å²) < 4.78 is 14.4. The fourth-order valence-electron chi connectivity index (χ4n) is 2.48. The van der Waals surface area contributed by atoms with Crippen LogP contribution in [0.1, 0.15) is 0 Å². The fourth-order valence-corrected chi connectivity index (χ4v) is 2.48. The number of hydrogen-bond donors (Lipinski definition) is 1. The van der Waals surface area contributed by atoms with E-state index in [-0.39, 0.29) is 11.4 Å². The number of halogens is 1. The van der Waals surface area contributed by atoms with E-state index in [9.17, 15) is 9.18 Å². The minimum Gasteiger partial charge on any atom is -0.338 e. The maximum Gasteiger partial charge on any atom is 0.274 e. The summed E-state index contributed by atoms with van der Waals surface area (Å²) in [6.07, 6.45) is 3.25. The van der Waals surface area contributed by atoms with E-state index in [4.69, 9.17) is 0 Å². The van der Waals surface area contributed by atoms with Crippen molar-refractivity contribution in [1.29, 1.82) is 0 Å². The molecule has 0 saturated carbocycles. The lowest BCUT2D eigenvalue weighted by atomic mass is 10.1. The van der Waals surface area contributed by atoms with Crippen molar-refractivity contribution in [2.24, 2.45) is 0 Å². The number of aromatic nitrogens is 4. The molecule has 0 aliphatic rings. The quantitative estimate of drug-likeness (QED) is 0.619. The number of aromatic amines is 1. The highest BCUT2D eigenvalue weighted by atomic mass is 19.1. The first-order chi connectivity index (χ1) is 11.2. The third-order valence-corrected chi connectivity index (χ3v) is 3.59. The van der Waals surface area contributed by atoms with Crippen molar-refractivity contribution in [3.05, 3.63) is 77.1 Å². The molecular formula is C17H11FN4O. The Bertz CT molecular complexity index is 1040. The molecule has 1 N–H and O–H groups in total. The third-order valence-electron chi connectivity index (χ3n) is 3.59. The van der Waals surface area contributed by atoms with Gasteiger partial charge >= 0.3 is 0 Å².